The molecule has 2 atom stereocenters. The van der Waals surface area contributed by atoms with Crippen LogP contribution in [0.1, 0.15) is 47.0 Å². The maximum absolute atomic E-state index is 11.9. The molecule has 0 radical (unpaired) electrons. The van der Waals surface area contributed by atoms with Gasteiger partial charge in [0.25, 0.3) is 0 Å². The number of nitrogens with two attached hydrogens (primary N) is 1. The molecule has 2 amide bonds. The van der Waals surface area contributed by atoms with Crippen LogP contribution in [0, 0.1) is 17.3 Å². The third kappa shape index (κ3) is 3.31. The van der Waals surface area contributed by atoms with Crippen molar-refractivity contribution in [3.05, 3.63) is 0 Å². The molecule has 0 aromatic rings. The van der Waals surface area contributed by atoms with Crippen molar-refractivity contribution >= 4 is 11.8 Å². The van der Waals surface area contributed by atoms with Crippen molar-refractivity contribution in [3.63, 3.8) is 0 Å². The normalized spacial score (nSPS) is 25.1. The van der Waals surface area contributed by atoms with Crippen molar-refractivity contribution in [2.45, 2.75) is 47.0 Å². The average Bonchev–Trinajstić information content (AvgIpc) is 2.51. The number of imide groups is 1. The molecule has 0 bridgehead atoms. The topological polar surface area (TPSA) is 63.4 Å². The summed E-state index contributed by atoms with van der Waals surface area (Å²) >= 11 is 0. The summed E-state index contributed by atoms with van der Waals surface area (Å²) in [4.78, 5) is 25.2. The molecule has 0 aromatic heterocycles. The van der Waals surface area contributed by atoms with E-state index in [0.29, 0.717) is 13.1 Å². The highest BCUT2D eigenvalue weighted by Gasteiger charge is 2.41. The summed E-state index contributed by atoms with van der Waals surface area (Å²) < 4.78 is 0. The molecule has 104 valence electrons. The number of carbonyl (C=O) groups is 2. The van der Waals surface area contributed by atoms with E-state index in [9.17, 15) is 9.59 Å². The van der Waals surface area contributed by atoms with Gasteiger partial charge in [-0.15, -0.1) is 0 Å². The first-order valence-corrected chi connectivity index (χ1v) is 6.85. The summed E-state index contributed by atoms with van der Waals surface area (Å²) in [5.74, 6) is -0.327. The van der Waals surface area contributed by atoms with E-state index in [1.807, 2.05) is 13.8 Å². The zero-order chi connectivity index (χ0) is 13.9. The van der Waals surface area contributed by atoms with E-state index in [1.165, 1.54) is 4.90 Å². The van der Waals surface area contributed by atoms with Crippen molar-refractivity contribution in [1.82, 2.24) is 4.90 Å². The molecule has 1 saturated heterocycles. The largest absolute Gasteiger partial charge is 0.330 e. The predicted octanol–water partition coefficient (Wildman–Crippen LogP) is 1.78. The highest BCUT2D eigenvalue weighted by Crippen LogP contribution is 2.26. The number of likely N-dealkylation sites (tertiary alicyclic amines) is 1. The SMILES string of the molecule is CC1C(=O)N(CCCCC(C)(C)CN)C(=O)C1C. The van der Waals surface area contributed by atoms with Crippen LogP contribution in [0.15, 0.2) is 0 Å². The molecule has 1 aliphatic heterocycles. The fourth-order valence-electron chi connectivity index (χ4n) is 2.22. The lowest BCUT2D eigenvalue weighted by Crippen LogP contribution is -2.32. The molecule has 1 aliphatic rings. The number of nitrogens with zero attached hydrogens (tertiary/aromatic N) is 1. The van der Waals surface area contributed by atoms with E-state index in [0.717, 1.165) is 19.3 Å². The van der Waals surface area contributed by atoms with E-state index < -0.39 is 0 Å². The molecule has 2 unspecified atom stereocenters. The Labute approximate surface area is 110 Å². The molecule has 4 nitrogen and oxygen atoms in total. The van der Waals surface area contributed by atoms with Crippen LogP contribution >= 0.6 is 0 Å². The lowest BCUT2D eigenvalue weighted by Gasteiger charge is -2.22. The number of hydrogen-bond acceptors (Lipinski definition) is 3. The maximum atomic E-state index is 11.9. The molecule has 1 fully saturated rings. The Morgan fingerprint density at radius 1 is 1.11 bits per heavy atom. The van der Waals surface area contributed by atoms with Gasteiger partial charge in [0.2, 0.25) is 11.8 Å². The second-order valence-electron chi connectivity index (χ2n) is 6.23. The molecule has 4 heteroatoms. The first-order chi connectivity index (χ1) is 8.30. The summed E-state index contributed by atoms with van der Waals surface area (Å²) in [6.45, 7) is 9.19. The molecular formula is C14H26N2O2. The van der Waals surface area contributed by atoms with Crippen LogP contribution in [-0.4, -0.2) is 29.8 Å². The van der Waals surface area contributed by atoms with Crippen molar-refractivity contribution in [2.24, 2.45) is 23.0 Å². The molecule has 1 heterocycles. The van der Waals surface area contributed by atoms with Crippen LogP contribution in [0.3, 0.4) is 0 Å². The molecule has 0 aromatic carbocycles. The minimum atomic E-state index is -0.155. The Bertz CT molecular complexity index is 306. The van der Waals surface area contributed by atoms with Gasteiger partial charge in [0.05, 0.1) is 0 Å². The van der Waals surface area contributed by atoms with Crippen LogP contribution in [0.25, 0.3) is 0 Å². The van der Waals surface area contributed by atoms with Gasteiger partial charge in [-0.25, -0.2) is 0 Å². The predicted molar refractivity (Wildman–Crippen MR) is 71.7 cm³/mol. The molecule has 1 rings (SSSR count). The standard InChI is InChI=1S/C14H26N2O2/c1-10-11(2)13(18)16(12(10)17)8-6-5-7-14(3,4)9-15/h10-11H,5-9,15H2,1-4H3. The van der Waals surface area contributed by atoms with E-state index in [4.69, 9.17) is 5.73 Å². The Hall–Kier alpha value is -0.900. The van der Waals surface area contributed by atoms with Gasteiger partial charge in [-0.1, -0.05) is 34.1 Å². The zero-order valence-electron chi connectivity index (χ0n) is 12.0. The summed E-state index contributed by atoms with van der Waals surface area (Å²) in [7, 11) is 0. The Morgan fingerprint density at radius 3 is 2.06 bits per heavy atom. The van der Waals surface area contributed by atoms with Gasteiger partial charge in [-0.2, -0.15) is 0 Å². The van der Waals surface area contributed by atoms with Crippen molar-refractivity contribution in [1.29, 1.82) is 0 Å². The Kier molecular flexibility index (Phi) is 4.91. The number of unbranched alkanes of at least 4 members (excludes halogenated alkanes) is 1. The van der Waals surface area contributed by atoms with Gasteiger partial charge >= 0.3 is 0 Å². The molecular weight excluding hydrogens is 228 g/mol. The average molecular weight is 254 g/mol. The lowest BCUT2D eigenvalue weighted by molar-refractivity contribution is -0.139. The van der Waals surface area contributed by atoms with Crippen LogP contribution in [0.5, 0.6) is 0 Å². The quantitative estimate of drug-likeness (QED) is 0.580. The Balaban J connectivity index is 2.37. The van der Waals surface area contributed by atoms with Gasteiger partial charge in [-0.05, 0) is 24.8 Å². The first-order valence-electron chi connectivity index (χ1n) is 6.85. The summed E-state index contributed by atoms with van der Waals surface area (Å²) in [5.41, 5.74) is 5.82. The van der Waals surface area contributed by atoms with Crippen LogP contribution in [-0.2, 0) is 9.59 Å². The van der Waals surface area contributed by atoms with Crippen LogP contribution < -0.4 is 5.73 Å². The maximum Gasteiger partial charge on any atom is 0.232 e. The number of carbonyl (C=O) groups excluding carboxylic acids is 2. The number of hydrogen-bond donors (Lipinski definition) is 1. The van der Waals surface area contributed by atoms with Gasteiger partial charge < -0.3 is 5.73 Å². The first kappa shape index (κ1) is 15.2. The van der Waals surface area contributed by atoms with Crippen LogP contribution in [0.4, 0.5) is 0 Å². The van der Waals surface area contributed by atoms with Gasteiger partial charge in [0.1, 0.15) is 0 Å². The van der Waals surface area contributed by atoms with Crippen molar-refractivity contribution < 1.29 is 9.59 Å². The zero-order valence-corrected chi connectivity index (χ0v) is 12.0. The van der Waals surface area contributed by atoms with E-state index in [1.54, 1.807) is 0 Å². The van der Waals surface area contributed by atoms with E-state index in [2.05, 4.69) is 13.8 Å². The lowest BCUT2D eigenvalue weighted by atomic mass is 9.87. The second-order valence-corrected chi connectivity index (χ2v) is 6.23. The van der Waals surface area contributed by atoms with E-state index >= 15 is 0 Å². The van der Waals surface area contributed by atoms with Crippen molar-refractivity contribution in [3.8, 4) is 0 Å². The number of amides is 2. The fourth-order valence-corrected chi connectivity index (χ4v) is 2.22. The minimum absolute atomic E-state index is 0.00872. The minimum Gasteiger partial charge on any atom is -0.330 e. The second kappa shape index (κ2) is 5.83. The molecule has 0 aliphatic carbocycles. The van der Waals surface area contributed by atoms with Crippen LogP contribution in [0.2, 0.25) is 0 Å². The summed E-state index contributed by atoms with van der Waals surface area (Å²) in [5, 5.41) is 0. The van der Waals surface area contributed by atoms with Gasteiger partial charge in [0.15, 0.2) is 0 Å². The molecule has 2 N–H and O–H groups in total. The Morgan fingerprint density at radius 2 is 1.61 bits per heavy atom. The highest BCUT2D eigenvalue weighted by molar-refractivity contribution is 6.04. The summed E-state index contributed by atoms with van der Waals surface area (Å²) in [6, 6.07) is 0. The smallest absolute Gasteiger partial charge is 0.232 e. The molecule has 18 heavy (non-hydrogen) atoms. The summed E-state index contributed by atoms with van der Waals surface area (Å²) in [6.07, 6.45) is 2.91. The van der Waals surface area contributed by atoms with Crippen molar-refractivity contribution in [2.75, 3.05) is 13.1 Å². The molecule has 0 saturated carbocycles. The monoisotopic (exact) mass is 254 g/mol. The molecule has 0 spiro atoms. The fraction of sp³-hybridized carbons (Fsp3) is 0.857. The third-order valence-electron chi connectivity index (χ3n) is 4.10. The van der Waals surface area contributed by atoms with Gasteiger partial charge in [0, 0.05) is 18.4 Å². The van der Waals surface area contributed by atoms with Gasteiger partial charge in [-0.3, -0.25) is 14.5 Å². The van der Waals surface area contributed by atoms with E-state index in [-0.39, 0.29) is 29.1 Å². The highest BCUT2D eigenvalue weighted by atomic mass is 16.2. The number of rotatable bonds is 6. The third-order valence-corrected chi connectivity index (χ3v) is 4.10.